The molecule has 1 aliphatic rings. The van der Waals surface area contributed by atoms with Gasteiger partial charge in [-0.2, -0.15) is 0 Å². The Bertz CT molecular complexity index is 222. The summed E-state index contributed by atoms with van der Waals surface area (Å²) >= 11 is 0. The lowest BCUT2D eigenvalue weighted by molar-refractivity contribution is -0.148. The van der Waals surface area contributed by atoms with Crippen molar-refractivity contribution in [1.29, 1.82) is 0 Å². The van der Waals surface area contributed by atoms with E-state index in [-0.39, 0.29) is 24.4 Å². The van der Waals surface area contributed by atoms with E-state index in [1.807, 2.05) is 13.8 Å². The van der Waals surface area contributed by atoms with Gasteiger partial charge in [-0.3, -0.25) is 9.59 Å². The molecule has 12 heavy (non-hydrogen) atoms. The van der Waals surface area contributed by atoms with E-state index in [2.05, 4.69) is 5.32 Å². The van der Waals surface area contributed by atoms with Crippen molar-refractivity contribution in [1.82, 2.24) is 5.32 Å². The van der Waals surface area contributed by atoms with Crippen LogP contribution in [-0.4, -0.2) is 23.5 Å². The SMILES string of the molecule is CC(=O)OC1CC(=O)NC1(C)C. The molecule has 0 spiro atoms. The molecule has 1 atom stereocenters. The first-order valence-electron chi connectivity index (χ1n) is 3.90. The van der Waals surface area contributed by atoms with Crippen molar-refractivity contribution in [2.75, 3.05) is 0 Å². The van der Waals surface area contributed by atoms with Crippen LogP contribution >= 0.6 is 0 Å². The van der Waals surface area contributed by atoms with Crippen molar-refractivity contribution in [2.24, 2.45) is 0 Å². The molecule has 1 heterocycles. The Morgan fingerprint density at radius 3 is 2.58 bits per heavy atom. The zero-order valence-corrected chi connectivity index (χ0v) is 7.51. The van der Waals surface area contributed by atoms with Crippen LogP contribution in [-0.2, 0) is 14.3 Å². The van der Waals surface area contributed by atoms with Gasteiger partial charge >= 0.3 is 5.97 Å². The van der Waals surface area contributed by atoms with E-state index in [1.54, 1.807) is 0 Å². The fourth-order valence-corrected chi connectivity index (χ4v) is 1.30. The van der Waals surface area contributed by atoms with E-state index < -0.39 is 5.54 Å². The summed E-state index contributed by atoms with van der Waals surface area (Å²) in [5.41, 5.74) is -0.428. The Labute approximate surface area is 71.3 Å². The van der Waals surface area contributed by atoms with Crippen LogP contribution in [0.5, 0.6) is 0 Å². The lowest BCUT2D eigenvalue weighted by atomic mass is 10.00. The Hall–Kier alpha value is -1.06. The number of carbonyl (C=O) groups excluding carboxylic acids is 2. The van der Waals surface area contributed by atoms with E-state index in [0.29, 0.717) is 0 Å². The fraction of sp³-hybridized carbons (Fsp3) is 0.750. The average Bonchev–Trinajstić information content (AvgIpc) is 2.04. The molecule has 0 aromatic carbocycles. The molecular formula is C8H13NO3. The molecule has 0 aliphatic carbocycles. The number of ether oxygens (including phenoxy) is 1. The molecule has 0 bridgehead atoms. The Kier molecular flexibility index (Phi) is 2.08. The Balaban J connectivity index is 2.65. The highest BCUT2D eigenvalue weighted by molar-refractivity contribution is 5.81. The highest BCUT2D eigenvalue weighted by Crippen LogP contribution is 2.22. The Morgan fingerprint density at radius 2 is 2.25 bits per heavy atom. The van der Waals surface area contributed by atoms with Gasteiger partial charge in [-0.05, 0) is 13.8 Å². The molecule has 1 saturated heterocycles. The number of hydrogen-bond donors (Lipinski definition) is 1. The van der Waals surface area contributed by atoms with Crippen LogP contribution in [0.4, 0.5) is 0 Å². The lowest BCUT2D eigenvalue weighted by Crippen LogP contribution is -2.44. The summed E-state index contributed by atoms with van der Waals surface area (Å²) in [6, 6.07) is 0. The van der Waals surface area contributed by atoms with Crippen LogP contribution in [0.1, 0.15) is 27.2 Å². The van der Waals surface area contributed by atoms with E-state index in [4.69, 9.17) is 4.74 Å². The summed E-state index contributed by atoms with van der Waals surface area (Å²) < 4.78 is 4.97. The molecule has 1 fully saturated rings. The lowest BCUT2D eigenvalue weighted by Gasteiger charge is -2.25. The van der Waals surface area contributed by atoms with Crippen molar-refractivity contribution in [3.8, 4) is 0 Å². The standard InChI is InChI=1S/C8H13NO3/c1-5(10)12-6-4-7(11)9-8(6,2)3/h6H,4H2,1-3H3,(H,9,11). The molecular weight excluding hydrogens is 158 g/mol. The van der Waals surface area contributed by atoms with Gasteiger partial charge in [0.2, 0.25) is 5.91 Å². The first-order valence-corrected chi connectivity index (χ1v) is 3.90. The van der Waals surface area contributed by atoms with Gasteiger partial charge in [0.05, 0.1) is 12.0 Å². The summed E-state index contributed by atoms with van der Waals surface area (Å²) in [6.07, 6.45) is -0.0606. The maximum absolute atomic E-state index is 10.9. The zero-order chi connectivity index (χ0) is 9.35. The number of rotatable bonds is 1. The van der Waals surface area contributed by atoms with Gasteiger partial charge in [0.1, 0.15) is 6.10 Å². The zero-order valence-electron chi connectivity index (χ0n) is 7.51. The highest BCUT2D eigenvalue weighted by Gasteiger charge is 2.41. The van der Waals surface area contributed by atoms with Crippen LogP contribution in [0, 0.1) is 0 Å². The minimum absolute atomic E-state index is 0.0637. The maximum Gasteiger partial charge on any atom is 0.303 e. The summed E-state index contributed by atoms with van der Waals surface area (Å²) in [6.45, 7) is 5.02. The first-order chi connectivity index (χ1) is 5.42. The van der Waals surface area contributed by atoms with Crippen molar-refractivity contribution >= 4 is 11.9 Å². The highest BCUT2D eigenvalue weighted by atomic mass is 16.5. The van der Waals surface area contributed by atoms with E-state index in [9.17, 15) is 9.59 Å². The minimum Gasteiger partial charge on any atom is -0.460 e. The molecule has 0 aromatic heterocycles. The first kappa shape index (κ1) is 9.03. The Morgan fingerprint density at radius 1 is 1.67 bits per heavy atom. The van der Waals surface area contributed by atoms with E-state index >= 15 is 0 Å². The molecule has 4 nitrogen and oxygen atoms in total. The predicted molar refractivity (Wildman–Crippen MR) is 42.4 cm³/mol. The maximum atomic E-state index is 10.9. The van der Waals surface area contributed by atoms with E-state index in [1.165, 1.54) is 6.92 Å². The van der Waals surface area contributed by atoms with Gasteiger partial charge in [0, 0.05) is 6.92 Å². The van der Waals surface area contributed by atoms with Gasteiger partial charge in [-0.1, -0.05) is 0 Å². The predicted octanol–water partition coefficient (Wildman–Crippen LogP) is 0.217. The summed E-state index contributed by atoms with van der Waals surface area (Å²) in [4.78, 5) is 21.6. The average molecular weight is 171 g/mol. The molecule has 68 valence electrons. The van der Waals surface area contributed by atoms with Gasteiger partial charge in [-0.25, -0.2) is 0 Å². The number of hydrogen-bond acceptors (Lipinski definition) is 3. The summed E-state index contributed by atoms with van der Waals surface area (Å²) in [5.74, 6) is -0.407. The summed E-state index contributed by atoms with van der Waals surface area (Å²) in [7, 11) is 0. The van der Waals surface area contributed by atoms with Gasteiger partial charge in [-0.15, -0.1) is 0 Å². The molecule has 1 N–H and O–H groups in total. The third-order valence-corrected chi connectivity index (χ3v) is 1.95. The number of carbonyl (C=O) groups is 2. The van der Waals surface area contributed by atoms with Gasteiger partial charge < -0.3 is 10.1 Å². The van der Waals surface area contributed by atoms with Crippen LogP contribution in [0.2, 0.25) is 0 Å². The van der Waals surface area contributed by atoms with Crippen molar-refractivity contribution in [3.05, 3.63) is 0 Å². The molecule has 1 aliphatic heterocycles. The van der Waals surface area contributed by atoms with Crippen molar-refractivity contribution in [3.63, 3.8) is 0 Å². The number of nitrogens with one attached hydrogen (secondary N) is 1. The molecule has 0 saturated carbocycles. The molecule has 1 unspecified atom stereocenters. The van der Waals surface area contributed by atoms with Crippen molar-refractivity contribution < 1.29 is 14.3 Å². The third-order valence-electron chi connectivity index (χ3n) is 1.95. The van der Waals surface area contributed by atoms with Crippen LogP contribution in [0.15, 0.2) is 0 Å². The monoisotopic (exact) mass is 171 g/mol. The second-order valence-corrected chi connectivity index (χ2v) is 3.57. The fourth-order valence-electron chi connectivity index (χ4n) is 1.30. The largest absolute Gasteiger partial charge is 0.460 e. The topological polar surface area (TPSA) is 55.4 Å². The van der Waals surface area contributed by atoms with Crippen LogP contribution in [0.3, 0.4) is 0 Å². The van der Waals surface area contributed by atoms with E-state index in [0.717, 1.165) is 0 Å². The number of esters is 1. The molecule has 0 radical (unpaired) electrons. The van der Waals surface area contributed by atoms with Crippen molar-refractivity contribution in [2.45, 2.75) is 38.8 Å². The second-order valence-electron chi connectivity index (χ2n) is 3.57. The molecule has 1 amide bonds. The smallest absolute Gasteiger partial charge is 0.303 e. The number of amides is 1. The van der Waals surface area contributed by atoms with Gasteiger partial charge in [0.25, 0.3) is 0 Å². The van der Waals surface area contributed by atoms with Crippen LogP contribution in [0.25, 0.3) is 0 Å². The second kappa shape index (κ2) is 2.77. The molecule has 4 heteroatoms. The molecule has 0 aromatic rings. The normalized spacial score (nSPS) is 26.6. The van der Waals surface area contributed by atoms with Crippen LogP contribution < -0.4 is 5.32 Å². The quantitative estimate of drug-likeness (QED) is 0.574. The van der Waals surface area contributed by atoms with Gasteiger partial charge in [0.15, 0.2) is 0 Å². The third kappa shape index (κ3) is 1.75. The minimum atomic E-state index is -0.428. The summed E-state index contributed by atoms with van der Waals surface area (Å²) in [5, 5.41) is 2.73. The molecule has 1 rings (SSSR count).